The lowest BCUT2D eigenvalue weighted by Gasteiger charge is -2.18. The maximum absolute atomic E-state index is 12.9. The third-order valence-electron chi connectivity index (χ3n) is 4.99. The number of aryl methyl sites for hydroxylation is 2. The van der Waals surface area contributed by atoms with E-state index in [0.717, 1.165) is 16.0 Å². The van der Waals surface area contributed by atoms with Crippen LogP contribution in [0.1, 0.15) is 27.0 Å². The molecule has 0 aromatic heterocycles. The Morgan fingerprint density at radius 3 is 2.37 bits per heavy atom. The Kier molecular flexibility index (Phi) is 5.53. The van der Waals surface area contributed by atoms with E-state index in [1.165, 1.54) is 42.3 Å². The first-order chi connectivity index (χ1) is 14.0. The fourth-order valence-electron chi connectivity index (χ4n) is 3.04. The number of primary amides is 1. The number of benzene rings is 2. The number of likely N-dealkylation sites (N-methyl/N-ethyl adjacent to an activating group) is 1. The molecule has 0 aliphatic carbocycles. The molecule has 4 amide bonds. The van der Waals surface area contributed by atoms with Crippen molar-refractivity contribution in [2.75, 3.05) is 18.3 Å². The molecule has 2 aromatic rings. The molecule has 0 atom stereocenters. The Bertz CT molecular complexity index is 1160. The summed E-state index contributed by atoms with van der Waals surface area (Å²) in [6.45, 7) is 3.47. The summed E-state index contributed by atoms with van der Waals surface area (Å²) in [5.41, 5.74) is 7.59. The summed E-state index contributed by atoms with van der Waals surface area (Å²) < 4.78 is 28.3. The van der Waals surface area contributed by atoms with Gasteiger partial charge in [-0.2, -0.15) is 0 Å². The summed E-state index contributed by atoms with van der Waals surface area (Å²) in [7, 11) is -2.49. The molecule has 30 heavy (non-hydrogen) atoms. The van der Waals surface area contributed by atoms with E-state index in [0.29, 0.717) is 5.56 Å². The number of rotatable bonds is 6. The van der Waals surface area contributed by atoms with Gasteiger partial charge in [-0.15, -0.1) is 0 Å². The van der Waals surface area contributed by atoms with Gasteiger partial charge in [0.25, 0.3) is 15.9 Å². The first-order valence-corrected chi connectivity index (χ1v) is 10.6. The van der Waals surface area contributed by atoms with Crippen LogP contribution in [0.4, 0.5) is 10.5 Å². The van der Waals surface area contributed by atoms with Crippen LogP contribution in [0.2, 0.25) is 0 Å². The molecule has 158 valence electrons. The fourth-order valence-corrected chi connectivity index (χ4v) is 4.22. The second-order valence-electron chi connectivity index (χ2n) is 7.21. The lowest BCUT2D eigenvalue weighted by atomic mass is 10.1. The highest BCUT2D eigenvalue weighted by Gasteiger charge is 2.34. The Hall–Kier alpha value is -3.40. The summed E-state index contributed by atoms with van der Waals surface area (Å²) in [5, 5.41) is 0. The first kappa shape index (κ1) is 21.3. The Balaban J connectivity index is 2.00. The number of nitrogens with zero attached hydrogens (tertiary/aromatic N) is 2. The smallest absolute Gasteiger partial charge is 0.327 e. The molecule has 1 aliphatic rings. The molecule has 0 bridgehead atoms. The summed E-state index contributed by atoms with van der Waals surface area (Å²) >= 11 is 0. The summed E-state index contributed by atoms with van der Waals surface area (Å²) in [6, 6.07) is 8.41. The van der Waals surface area contributed by atoms with E-state index >= 15 is 0 Å². The predicted octanol–water partition coefficient (Wildman–Crippen LogP) is 1.60. The number of nitrogens with one attached hydrogen (secondary N) is 1. The van der Waals surface area contributed by atoms with Crippen molar-refractivity contribution in [2.45, 2.75) is 25.3 Å². The van der Waals surface area contributed by atoms with Gasteiger partial charge in [0.1, 0.15) is 6.54 Å². The maximum Gasteiger partial charge on any atom is 0.327 e. The van der Waals surface area contributed by atoms with E-state index in [9.17, 15) is 22.8 Å². The van der Waals surface area contributed by atoms with Crippen LogP contribution in [0.25, 0.3) is 0 Å². The Morgan fingerprint density at radius 1 is 1.10 bits per heavy atom. The van der Waals surface area contributed by atoms with E-state index in [1.54, 1.807) is 13.0 Å². The van der Waals surface area contributed by atoms with Crippen molar-refractivity contribution in [2.24, 2.45) is 5.73 Å². The quantitative estimate of drug-likeness (QED) is 0.672. The van der Waals surface area contributed by atoms with Gasteiger partial charge < -0.3 is 10.6 Å². The Morgan fingerprint density at radius 2 is 1.80 bits per heavy atom. The monoisotopic (exact) mass is 430 g/mol. The first-order valence-electron chi connectivity index (χ1n) is 9.08. The molecule has 9 nitrogen and oxygen atoms in total. The van der Waals surface area contributed by atoms with Gasteiger partial charge in [-0.25, -0.2) is 13.2 Å². The molecule has 1 aliphatic heterocycles. The average molecular weight is 430 g/mol. The summed E-state index contributed by atoms with van der Waals surface area (Å²) in [4.78, 5) is 38.2. The fraction of sp³-hybridized carbons (Fsp3) is 0.250. The van der Waals surface area contributed by atoms with E-state index in [1.807, 2.05) is 6.92 Å². The van der Waals surface area contributed by atoms with Gasteiger partial charge >= 0.3 is 6.03 Å². The molecule has 0 radical (unpaired) electrons. The number of anilines is 1. The van der Waals surface area contributed by atoms with Gasteiger partial charge in [0.15, 0.2) is 0 Å². The minimum Gasteiger partial charge on any atom is -0.366 e. The van der Waals surface area contributed by atoms with Crippen molar-refractivity contribution in [3.63, 3.8) is 0 Å². The van der Waals surface area contributed by atoms with Gasteiger partial charge in [0, 0.05) is 12.6 Å². The number of carbonyl (C=O) groups is 3. The normalized spacial score (nSPS) is 14.4. The highest BCUT2D eigenvalue weighted by molar-refractivity contribution is 7.92. The zero-order chi connectivity index (χ0) is 22.2. The van der Waals surface area contributed by atoms with Crippen molar-refractivity contribution >= 4 is 33.6 Å². The largest absolute Gasteiger partial charge is 0.366 e. The molecular formula is C20H22N4O5S. The van der Waals surface area contributed by atoms with E-state index in [2.05, 4.69) is 4.72 Å². The minimum absolute atomic E-state index is 0.0501. The molecule has 10 heteroatoms. The second-order valence-corrected chi connectivity index (χ2v) is 8.89. The van der Waals surface area contributed by atoms with Crippen LogP contribution in [-0.4, -0.2) is 49.7 Å². The highest BCUT2D eigenvalue weighted by atomic mass is 32.2. The molecule has 0 unspecified atom stereocenters. The molecule has 1 saturated heterocycles. The molecule has 1 fully saturated rings. The van der Waals surface area contributed by atoms with Crippen molar-refractivity contribution in [3.8, 4) is 0 Å². The third kappa shape index (κ3) is 4.13. The number of amides is 4. The molecule has 1 heterocycles. The molecule has 0 saturated carbocycles. The van der Waals surface area contributed by atoms with Crippen LogP contribution in [-0.2, 0) is 21.4 Å². The maximum atomic E-state index is 12.9. The van der Waals surface area contributed by atoms with E-state index < -0.39 is 27.9 Å². The zero-order valence-electron chi connectivity index (χ0n) is 16.8. The number of carbonyl (C=O) groups excluding carboxylic acids is 3. The lowest BCUT2D eigenvalue weighted by Crippen LogP contribution is -2.31. The van der Waals surface area contributed by atoms with Crippen LogP contribution in [0.3, 0.4) is 0 Å². The SMILES string of the molecule is Cc1ccc(S(=O)(=O)Nc2cc(C(N)=O)ccc2CN2C(=O)CN(C)C2=O)cc1C. The molecule has 3 rings (SSSR count). The van der Waals surface area contributed by atoms with Crippen molar-refractivity contribution in [1.82, 2.24) is 9.80 Å². The van der Waals surface area contributed by atoms with Gasteiger partial charge in [0.2, 0.25) is 5.91 Å². The molecule has 0 spiro atoms. The predicted molar refractivity (Wildman–Crippen MR) is 110 cm³/mol. The topological polar surface area (TPSA) is 130 Å². The van der Waals surface area contributed by atoms with E-state index in [-0.39, 0.29) is 29.2 Å². The Labute approximate surface area is 174 Å². The van der Waals surface area contributed by atoms with Crippen LogP contribution in [0.5, 0.6) is 0 Å². The number of imide groups is 1. The standard InChI is InChI=1S/C20H22N4O5S/c1-12-4-7-16(8-13(12)2)30(28,29)22-17-9-14(19(21)26)5-6-15(17)10-24-18(25)11-23(3)20(24)27/h4-9,22H,10-11H2,1-3H3,(H2,21,26). The van der Waals surface area contributed by atoms with Crippen LogP contribution < -0.4 is 10.5 Å². The van der Waals surface area contributed by atoms with Gasteiger partial charge in [-0.05, 0) is 54.8 Å². The third-order valence-corrected chi connectivity index (χ3v) is 6.35. The number of hydrogen-bond acceptors (Lipinski definition) is 5. The number of urea groups is 1. The molecule has 3 N–H and O–H groups in total. The molecule has 2 aromatic carbocycles. The van der Waals surface area contributed by atoms with Crippen LogP contribution in [0.15, 0.2) is 41.3 Å². The molecular weight excluding hydrogens is 408 g/mol. The second kappa shape index (κ2) is 7.79. The van der Waals surface area contributed by atoms with Crippen molar-refractivity contribution in [3.05, 3.63) is 58.7 Å². The summed E-state index contributed by atoms with van der Waals surface area (Å²) in [5.74, 6) is -1.13. The summed E-state index contributed by atoms with van der Waals surface area (Å²) in [6.07, 6.45) is 0. The highest BCUT2D eigenvalue weighted by Crippen LogP contribution is 2.25. The van der Waals surface area contributed by atoms with Gasteiger partial charge in [-0.3, -0.25) is 19.2 Å². The number of nitrogens with two attached hydrogens (primary N) is 1. The van der Waals surface area contributed by atoms with Crippen LogP contribution in [0, 0.1) is 13.8 Å². The van der Waals surface area contributed by atoms with Crippen molar-refractivity contribution < 1.29 is 22.8 Å². The minimum atomic E-state index is -3.99. The van der Waals surface area contributed by atoms with Gasteiger partial charge in [0.05, 0.1) is 17.1 Å². The average Bonchev–Trinajstić information content (AvgIpc) is 2.90. The zero-order valence-corrected chi connectivity index (χ0v) is 17.6. The number of hydrogen-bond donors (Lipinski definition) is 2. The van der Waals surface area contributed by atoms with Gasteiger partial charge in [-0.1, -0.05) is 12.1 Å². The van der Waals surface area contributed by atoms with E-state index in [4.69, 9.17) is 5.73 Å². The van der Waals surface area contributed by atoms with Crippen LogP contribution >= 0.6 is 0 Å². The number of sulfonamides is 1. The van der Waals surface area contributed by atoms with Crippen molar-refractivity contribution in [1.29, 1.82) is 0 Å². The lowest BCUT2D eigenvalue weighted by molar-refractivity contribution is -0.125.